The van der Waals surface area contributed by atoms with Crippen LogP contribution in [0, 0.1) is 0 Å². The highest BCUT2D eigenvalue weighted by atomic mass is 32.1. The Morgan fingerprint density at radius 1 is 1.33 bits per heavy atom. The highest BCUT2D eigenvalue weighted by Crippen LogP contribution is 2.18. The smallest absolute Gasteiger partial charge is 0.355 e. The summed E-state index contributed by atoms with van der Waals surface area (Å²) in [7, 11) is 0. The number of aromatic amines is 1. The van der Waals surface area contributed by atoms with Gasteiger partial charge in [-0.15, -0.1) is 11.3 Å². The molecule has 0 aliphatic carbocycles. The lowest BCUT2D eigenvalue weighted by atomic mass is 10.3. The van der Waals surface area contributed by atoms with Crippen LogP contribution in [0.15, 0.2) is 11.7 Å². The van der Waals surface area contributed by atoms with E-state index < -0.39 is 18.0 Å². The molecule has 0 radical (unpaired) electrons. The Balaban J connectivity index is 1.91. The van der Waals surface area contributed by atoms with Gasteiger partial charge in [0.05, 0.1) is 12.1 Å². The van der Waals surface area contributed by atoms with Crippen molar-refractivity contribution in [3.63, 3.8) is 0 Å². The van der Waals surface area contributed by atoms with E-state index in [1.807, 2.05) is 0 Å². The van der Waals surface area contributed by atoms with Crippen LogP contribution in [0.5, 0.6) is 0 Å². The Morgan fingerprint density at radius 3 is 2.62 bits per heavy atom. The van der Waals surface area contributed by atoms with Gasteiger partial charge in [-0.3, -0.25) is 5.10 Å². The van der Waals surface area contributed by atoms with E-state index >= 15 is 0 Å². The second-order valence-corrected chi connectivity index (χ2v) is 5.20. The minimum absolute atomic E-state index is 0.0286. The number of carbonyl (C=O) groups excluding carboxylic acids is 1. The maximum atomic E-state index is 11.8. The van der Waals surface area contributed by atoms with Crippen molar-refractivity contribution >= 4 is 23.3 Å². The Kier molecular flexibility index (Phi) is 4.48. The number of nitrogens with zero attached hydrogens (tertiary/aromatic N) is 3. The monoisotopic (exact) mass is 310 g/mol. The Hall–Kier alpha value is -2.49. The Bertz CT molecular complexity index is 626. The van der Waals surface area contributed by atoms with E-state index in [-0.39, 0.29) is 11.7 Å². The fourth-order valence-electron chi connectivity index (χ4n) is 1.57. The standard InChI is InChI=1S/C11H14N6O3S/c1-5(8-12-4-13-17-8)14-11(20)15-6(2)9-16-7(3-21-9)10(18)19/h3-6H,1-2H3,(H,18,19)(H,12,13,17)(H2,14,15,20). The topological polar surface area (TPSA) is 133 Å². The van der Waals surface area contributed by atoms with E-state index in [4.69, 9.17) is 5.11 Å². The van der Waals surface area contributed by atoms with Gasteiger partial charge in [-0.2, -0.15) is 5.10 Å². The van der Waals surface area contributed by atoms with Crippen molar-refractivity contribution < 1.29 is 14.7 Å². The van der Waals surface area contributed by atoms with Crippen molar-refractivity contribution in [3.05, 3.63) is 28.2 Å². The zero-order valence-electron chi connectivity index (χ0n) is 11.3. The third kappa shape index (κ3) is 3.75. The molecule has 0 aliphatic rings. The van der Waals surface area contributed by atoms with Crippen LogP contribution in [0.25, 0.3) is 0 Å². The molecule has 0 saturated heterocycles. The molecule has 2 unspecified atom stereocenters. The van der Waals surface area contributed by atoms with E-state index in [2.05, 4.69) is 30.8 Å². The number of carboxylic acid groups (broad SMARTS) is 1. The second kappa shape index (κ2) is 6.31. The zero-order valence-corrected chi connectivity index (χ0v) is 12.1. The molecule has 0 bridgehead atoms. The van der Waals surface area contributed by atoms with Crippen LogP contribution in [-0.2, 0) is 0 Å². The van der Waals surface area contributed by atoms with Crippen LogP contribution in [0.4, 0.5) is 4.79 Å². The SMILES string of the molecule is CC(NC(=O)NC(C)c1nc(C(=O)O)cs1)c1ncn[nH]1. The lowest BCUT2D eigenvalue weighted by Gasteiger charge is -2.15. The molecular formula is C11H14N6O3S. The van der Waals surface area contributed by atoms with Gasteiger partial charge in [0.15, 0.2) is 5.69 Å². The van der Waals surface area contributed by atoms with Crippen molar-refractivity contribution in [2.45, 2.75) is 25.9 Å². The zero-order chi connectivity index (χ0) is 15.4. The predicted octanol–water partition coefficient (Wildman–Crippen LogP) is 1.08. The van der Waals surface area contributed by atoms with Crippen LogP contribution in [0.2, 0.25) is 0 Å². The van der Waals surface area contributed by atoms with E-state index in [1.165, 1.54) is 23.0 Å². The minimum atomic E-state index is -1.09. The highest BCUT2D eigenvalue weighted by molar-refractivity contribution is 7.09. The Morgan fingerprint density at radius 2 is 2.05 bits per heavy atom. The normalized spacial score (nSPS) is 13.4. The summed E-state index contributed by atoms with van der Waals surface area (Å²) in [5, 5.41) is 22.5. The molecule has 2 aromatic heterocycles. The fourth-order valence-corrected chi connectivity index (χ4v) is 2.37. The molecule has 9 nitrogen and oxygen atoms in total. The van der Waals surface area contributed by atoms with Crippen LogP contribution >= 0.6 is 11.3 Å². The van der Waals surface area contributed by atoms with Crippen LogP contribution < -0.4 is 10.6 Å². The van der Waals surface area contributed by atoms with Crippen molar-refractivity contribution in [1.29, 1.82) is 0 Å². The van der Waals surface area contributed by atoms with Gasteiger partial charge in [-0.1, -0.05) is 0 Å². The summed E-state index contributed by atoms with van der Waals surface area (Å²) in [6.45, 7) is 3.49. The van der Waals surface area contributed by atoms with Crippen molar-refractivity contribution in [1.82, 2.24) is 30.8 Å². The summed E-state index contributed by atoms with van der Waals surface area (Å²) in [6, 6.07) is -1.13. The molecule has 0 spiro atoms. The molecule has 2 amide bonds. The third-order valence-electron chi connectivity index (χ3n) is 2.65. The summed E-state index contributed by atoms with van der Waals surface area (Å²) < 4.78 is 0. The summed E-state index contributed by atoms with van der Waals surface area (Å²) >= 11 is 1.18. The largest absolute Gasteiger partial charge is 0.476 e. The molecule has 2 atom stereocenters. The molecular weight excluding hydrogens is 296 g/mol. The lowest BCUT2D eigenvalue weighted by Crippen LogP contribution is -2.38. The first-order valence-corrected chi connectivity index (χ1v) is 6.96. The van der Waals surface area contributed by atoms with E-state index in [0.717, 1.165) is 0 Å². The highest BCUT2D eigenvalue weighted by Gasteiger charge is 2.17. The van der Waals surface area contributed by atoms with Crippen molar-refractivity contribution in [2.24, 2.45) is 0 Å². The maximum absolute atomic E-state index is 11.8. The van der Waals surface area contributed by atoms with Crippen LogP contribution in [-0.4, -0.2) is 37.3 Å². The molecule has 4 N–H and O–H groups in total. The lowest BCUT2D eigenvalue weighted by molar-refractivity contribution is 0.0691. The van der Waals surface area contributed by atoms with Crippen molar-refractivity contribution in [2.75, 3.05) is 0 Å². The number of carbonyl (C=O) groups is 2. The molecule has 2 heterocycles. The first-order valence-electron chi connectivity index (χ1n) is 6.08. The number of nitrogens with one attached hydrogen (secondary N) is 3. The quantitative estimate of drug-likeness (QED) is 0.653. The van der Waals surface area contributed by atoms with Gasteiger partial charge in [0.2, 0.25) is 0 Å². The third-order valence-corrected chi connectivity index (χ3v) is 3.68. The Labute approximate surface area is 123 Å². The van der Waals surface area contributed by atoms with Gasteiger partial charge in [0.25, 0.3) is 0 Å². The molecule has 0 saturated carbocycles. The van der Waals surface area contributed by atoms with Crippen molar-refractivity contribution in [3.8, 4) is 0 Å². The van der Waals surface area contributed by atoms with Gasteiger partial charge < -0.3 is 15.7 Å². The number of aromatic carboxylic acids is 1. The van der Waals surface area contributed by atoms with Gasteiger partial charge in [0, 0.05) is 5.38 Å². The van der Waals surface area contributed by atoms with Gasteiger partial charge in [-0.25, -0.2) is 19.6 Å². The molecule has 10 heteroatoms. The minimum Gasteiger partial charge on any atom is -0.476 e. The predicted molar refractivity (Wildman–Crippen MR) is 74.0 cm³/mol. The number of rotatable bonds is 5. The van der Waals surface area contributed by atoms with Gasteiger partial charge in [0.1, 0.15) is 17.2 Å². The number of hydrogen-bond donors (Lipinski definition) is 4. The molecule has 21 heavy (non-hydrogen) atoms. The average Bonchev–Trinajstić information content (AvgIpc) is 3.10. The molecule has 2 aromatic rings. The second-order valence-electron chi connectivity index (χ2n) is 4.31. The van der Waals surface area contributed by atoms with Crippen LogP contribution in [0.1, 0.15) is 47.3 Å². The number of hydrogen-bond acceptors (Lipinski definition) is 6. The summed E-state index contributed by atoms with van der Waals surface area (Å²) in [5.41, 5.74) is -0.0286. The van der Waals surface area contributed by atoms with Gasteiger partial charge >= 0.3 is 12.0 Å². The first-order chi connectivity index (χ1) is 9.97. The number of H-pyrrole nitrogens is 1. The molecule has 2 rings (SSSR count). The van der Waals surface area contributed by atoms with E-state index in [1.54, 1.807) is 13.8 Å². The fraction of sp³-hybridized carbons (Fsp3) is 0.364. The number of aromatic nitrogens is 4. The van der Waals surface area contributed by atoms with E-state index in [9.17, 15) is 9.59 Å². The number of amides is 2. The number of carboxylic acids is 1. The summed E-state index contributed by atoms with van der Waals surface area (Å²) in [4.78, 5) is 30.5. The maximum Gasteiger partial charge on any atom is 0.355 e. The molecule has 0 fully saturated rings. The molecule has 0 aliphatic heterocycles. The molecule has 112 valence electrons. The van der Waals surface area contributed by atoms with Crippen LogP contribution in [0.3, 0.4) is 0 Å². The van der Waals surface area contributed by atoms with Gasteiger partial charge in [-0.05, 0) is 13.8 Å². The number of urea groups is 1. The summed E-state index contributed by atoms with van der Waals surface area (Å²) in [6.07, 6.45) is 1.36. The average molecular weight is 310 g/mol. The van der Waals surface area contributed by atoms with E-state index in [0.29, 0.717) is 10.8 Å². The summed E-state index contributed by atoms with van der Waals surface area (Å²) in [5.74, 6) is -0.548. The first kappa shape index (κ1) is 14.9. The molecule has 0 aromatic carbocycles. The number of thiazole rings is 1.